The number of nitrogens with two attached hydrogens (primary N) is 1. The molecule has 0 saturated carbocycles. The third-order valence-electron chi connectivity index (χ3n) is 2.42. The molecule has 5 N–H and O–H groups in total. The molecule has 1 rings (SSSR count). The van der Waals surface area contributed by atoms with Gasteiger partial charge in [0.25, 0.3) is 0 Å². The highest BCUT2D eigenvalue weighted by atomic mass is 79.9. The number of nitrogens with one attached hydrogen (secondary N) is 2. The number of ether oxygens (including phenoxy) is 1. The largest absolute Gasteiger partial charge is 0.496 e. The van der Waals surface area contributed by atoms with E-state index in [-0.39, 0.29) is 0 Å². The fraction of sp³-hybridized carbons (Fsp3) is 0.250. The molecule has 0 unspecified atom stereocenters. The van der Waals surface area contributed by atoms with Gasteiger partial charge in [0.1, 0.15) is 11.8 Å². The van der Waals surface area contributed by atoms with Gasteiger partial charge in [-0.05, 0) is 34.1 Å². The quantitative estimate of drug-likeness (QED) is 0.599. The van der Waals surface area contributed by atoms with Gasteiger partial charge in [0.15, 0.2) is 0 Å². The van der Waals surface area contributed by atoms with Crippen molar-refractivity contribution < 1.29 is 24.2 Å². The van der Waals surface area contributed by atoms with E-state index in [1.165, 1.54) is 7.11 Å². The number of urea groups is 1. The number of hydrogen-bond donors (Lipinski definition) is 4. The second-order valence-electron chi connectivity index (χ2n) is 4.01. The van der Waals surface area contributed by atoms with E-state index in [0.717, 1.165) is 0 Å². The molecule has 1 aromatic carbocycles. The number of hydrogen-bond acceptors (Lipinski definition) is 4. The lowest BCUT2D eigenvalue weighted by Gasteiger charge is -2.14. The minimum Gasteiger partial charge on any atom is -0.496 e. The molecule has 0 radical (unpaired) electrons. The van der Waals surface area contributed by atoms with E-state index >= 15 is 0 Å². The number of carbonyl (C=O) groups is 3. The number of benzene rings is 1. The molecule has 0 fully saturated rings. The normalized spacial score (nSPS) is 11.3. The lowest BCUT2D eigenvalue weighted by atomic mass is 10.2. The zero-order chi connectivity index (χ0) is 16.0. The Bertz CT molecular complexity index is 564. The second-order valence-corrected chi connectivity index (χ2v) is 4.86. The van der Waals surface area contributed by atoms with Crippen LogP contribution in [0.5, 0.6) is 5.75 Å². The number of rotatable bonds is 6. The fourth-order valence-corrected chi connectivity index (χ4v) is 2.01. The number of aliphatic carboxylic acids is 1. The molecule has 0 saturated heterocycles. The first kappa shape index (κ1) is 16.8. The summed E-state index contributed by atoms with van der Waals surface area (Å²) < 4.78 is 5.66. The highest BCUT2D eigenvalue weighted by Gasteiger charge is 2.22. The Hall–Kier alpha value is -2.29. The molecule has 9 heteroatoms. The lowest BCUT2D eigenvalue weighted by Crippen LogP contribution is -2.45. The Morgan fingerprint density at radius 1 is 1.43 bits per heavy atom. The summed E-state index contributed by atoms with van der Waals surface area (Å²) in [6, 6.07) is 2.64. The van der Waals surface area contributed by atoms with Crippen LogP contribution in [0.1, 0.15) is 6.42 Å². The van der Waals surface area contributed by atoms with E-state index in [4.69, 9.17) is 15.6 Å². The zero-order valence-electron chi connectivity index (χ0n) is 11.1. The molecule has 0 aromatic heterocycles. The third-order valence-corrected chi connectivity index (χ3v) is 3.04. The molecule has 0 heterocycles. The van der Waals surface area contributed by atoms with Gasteiger partial charge in [-0.15, -0.1) is 0 Å². The van der Waals surface area contributed by atoms with Crippen molar-refractivity contribution in [2.24, 2.45) is 5.73 Å². The van der Waals surface area contributed by atoms with E-state index in [2.05, 4.69) is 26.6 Å². The van der Waals surface area contributed by atoms with Gasteiger partial charge >= 0.3 is 12.0 Å². The summed E-state index contributed by atoms with van der Waals surface area (Å²) in [6.07, 6.45) is -0.491. The highest BCUT2D eigenvalue weighted by Crippen LogP contribution is 2.27. The van der Waals surface area contributed by atoms with E-state index in [0.29, 0.717) is 15.9 Å². The lowest BCUT2D eigenvalue weighted by molar-refractivity contribution is -0.140. The van der Waals surface area contributed by atoms with Gasteiger partial charge in [-0.3, -0.25) is 4.79 Å². The minimum absolute atomic E-state index is 0.420. The summed E-state index contributed by atoms with van der Waals surface area (Å²) >= 11 is 3.25. The topological polar surface area (TPSA) is 131 Å². The maximum atomic E-state index is 11.7. The summed E-state index contributed by atoms with van der Waals surface area (Å²) in [4.78, 5) is 33.3. The van der Waals surface area contributed by atoms with Crippen molar-refractivity contribution in [1.82, 2.24) is 5.32 Å². The van der Waals surface area contributed by atoms with Crippen molar-refractivity contribution in [2.75, 3.05) is 12.4 Å². The molecule has 1 atom stereocenters. The summed E-state index contributed by atoms with van der Waals surface area (Å²) in [5.41, 5.74) is 5.34. The Morgan fingerprint density at radius 2 is 2.10 bits per heavy atom. The molecule has 0 aliphatic carbocycles. The Balaban J connectivity index is 2.69. The van der Waals surface area contributed by atoms with Crippen LogP contribution in [0.4, 0.5) is 10.5 Å². The summed E-state index contributed by atoms with van der Waals surface area (Å²) in [5.74, 6) is -1.59. The maximum absolute atomic E-state index is 11.7. The molecule has 21 heavy (non-hydrogen) atoms. The molecule has 0 spiro atoms. The fourth-order valence-electron chi connectivity index (χ4n) is 1.47. The van der Waals surface area contributed by atoms with Crippen LogP contribution in [0.15, 0.2) is 22.7 Å². The summed E-state index contributed by atoms with van der Waals surface area (Å²) in [7, 11) is 1.50. The smallest absolute Gasteiger partial charge is 0.326 e. The van der Waals surface area contributed by atoms with Crippen molar-refractivity contribution in [3.05, 3.63) is 22.7 Å². The van der Waals surface area contributed by atoms with Crippen LogP contribution in [0.2, 0.25) is 0 Å². The highest BCUT2D eigenvalue weighted by molar-refractivity contribution is 9.10. The zero-order valence-corrected chi connectivity index (χ0v) is 12.6. The second kappa shape index (κ2) is 7.48. The molecular formula is C12H14BrN3O5. The number of primary amides is 1. The van der Waals surface area contributed by atoms with Gasteiger partial charge in [-0.1, -0.05) is 0 Å². The summed E-state index contributed by atoms with van der Waals surface area (Å²) in [5, 5.41) is 13.5. The van der Waals surface area contributed by atoms with Gasteiger partial charge in [0.2, 0.25) is 5.91 Å². The van der Waals surface area contributed by atoms with Crippen LogP contribution >= 0.6 is 15.9 Å². The first-order chi connectivity index (χ1) is 9.83. The molecule has 8 nitrogen and oxygen atoms in total. The minimum atomic E-state index is -1.39. The van der Waals surface area contributed by atoms with E-state index in [1.807, 2.05) is 0 Å². The molecule has 0 aliphatic heterocycles. The maximum Gasteiger partial charge on any atom is 0.326 e. The van der Waals surface area contributed by atoms with Crippen molar-refractivity contribution in [3.63, 3.8) is 0 Å². The molecule has 1 aromatic rings. The number of carbonyl (C=O) groups excluding carboxylic acids is 2. The molecule has 0 bridgehead atoms. The number of halogens is 1. The van der Waals surface area contributed by atoms with Gasteiger partial charge in [-0.2, -0.15) is 0 Å². The Labute approximate surface area is 128 Å². The number of methoxy groups -OCH3 is 1. The number of amides is 3. The number of carboxylic acids is 1. The van der Waals surface area contributed by atoms with Gasteiger partial charge in [0, 0.05) is 5.69 Å². The first-order valence-corrected chi connectivity index (χ1v) is 6.55. The average Bonchev–Trinajstić information content (AvgIpc) is 2.37. The van der Waals surface area contributed by atoms with Crippen LogP contribution < -0.4 is 21.1 Å². The van der Waals surface area contributed by atoms with Gasteiger partial charge < -0.3 is 26.2 Å². The molecule has 114 valence electrons. The van der Waals surface area contributed by atoms with Crippen molar-refractivity contribution in [3.8, 4) is 5.75 Å². The Kier molecular flexibility index (Phi) is 5.97. The van der Waals surface area contributed by atoms with Gasteiger partial charge in [0.05, 0.1) is 18.0 Å². The van der Waals surface area contributed by atoms with E-state index in [1.54, 1.807) is 18.2 Å². The Morgan fingerprint density at radius 3 is 2.57 bits per heavy atom. The van der Waals surface area contributed by atoms with Gasteiger partial charge in [-0.25, -0.2) is 9.59 Å². The predicted molar refractivity (Wildman–Crippen MR) is 78.1 cm³/mol. The van der Waals surface area contributed by atoms with Crippen LogP contribution in [0, 0.1) is 0 Å². The molecule has 3 amide bonds. The predicted octanol–water partition coefficient (Wildman–Crippen LogP) is 0.908. The SMILES string of the molecule is COc1ccc(NC(=O)N[C@@H](CC(N)=O)C(=O)O)cc1Br. The average molecular weight is 360 g/mol. The van der Waals surface area contributed by atoms with Crippen LogP contribution in [-0.2, 0) is 9.59 Å². The van der Waals surface area contributed by atoms with Crippen molar-refractivity contribution >= 4 is 39.5 Å². The monoisotopic (exact) mass is 359 g/mol. The standard InChI is InChI=1S/C12H14BrN3O5/c1-21-9-3-2-6(4-7(9)13)15-12(20)16-8(11(18)19)5-10(14)17/h2-4,8H,5H2,1H3,(H2,14,17)(H,18,19)(H2,15,16,20)/t8-/m0/s1. The van der Waals surface area contributed by atoms with Crippen molar-refractivity contribution in [2.45, 2.75) is 12.5 Å². The third kappa shape index (κ3) is 5.30. The number of carboxylic acid groups (broad SMARTS) is 1. The van der Waals surface area contributed by atoms with Crippen LogP contribution in [0.25, 0.3) is 0 Å². The van der Waals surface area contributed by atoms with E-state index in [9.17, 15) is 14.4 Å². The molecule has 0 aliphatic rings. The first-order valence-electron chi connectivity index (χ1n) is 5.75. The van der Waals surface area contributed by atoms with Crippen LogP contribution in [-0.4, -0.2) is 36.2 Å². The molecular weight excluding hydrogens is 346 g/mol. The van der Waals surface area contributed by atoms with Crippen LogP contribution in [0.3, 0.4) is 0 Å². The summed E-state index contributed by atoms with van der Waals surface area (Å²) in [6.45, 7) is 0. The van der Waals surface area contributed by atoms with E-state index < -0.39 is 30.4 Å². The number of anilines is 1. The van der Waals surface area contributed by atoms with Crippen molar-refractivity contribution in [1.29, 1.82) is 0 Å².